The van der Waals surface area contributed by atoms with E-state index in [1.54, 1.807) is 0 Å². The Morgan fingerprint density at radius 2 is 1.74 bits per heavy atom. The summed E-state index contributed by atoms with van der Waals surface area (Å²) < 4.78 is 8.04. The molecule has 1 heterocycles. The molecule has 0 spiro atoms. The predicted molar refractivity (Wildman–Crippen MR) is 78.7 cm³/mol. The van der Waals surface area contributed by atoms with Crippen molar-refractivity contribution in [2.75, 3.05) is 0 Å². The molecule has 96 valence electrons. The van der Waals surface area contributed by atoms with Crippen LogP contribution in [-0.2, 0) is 0 Å². The van der Waals surface area contributed by atoms with Gasteiger partial charge in [-0.15, -0.1) is 0 Å². The van der Waals surface area contributed by atoms with Crippen molar-refractivity contribution in [3.8, 4) is 5.75 Å². The second-order valence-electron chi connectivity index (χ2n) is 4.45. The van der Waals surface area contributed by atoms with Gasteiger partial charge in [0.25, 0.3) is 0 Å². The average molecular weight is 272 g/mol. The molecular formula is C16H14ClNO. The SMILES string of the molecule is C[C@@H](Oc1ccc(Cl)cc1)n1ccc2ccccc21. The van der Waals surface area contributed by atoms with Crippen LogP contribution < -0.4 is 4.74 Å². The fourth-order valence-electron chi connectivity index (χ4n) is 2.19. The zero-order valence-corrected chi connectivity index (χ0v) is 11.3. The second kappa shape index (κ2) is 4.98. The third kappa shape index (κ3) is 2.45. The van der Waals surface area contributed by atoms with E-state index in [4.69, 9.17) is 16.3 Å². The van der Waals surface area contributed by atoms with Crippen molar-refractivity contribution in [3.05, 3.63) is 65.8 Å². The lowest BCUT2D eigenvalue weighted by atomic mass is 10.2. The summed E-state index contributed by atoms with van der Waals surface area (Å²) in [5, 5.41) is 1.93. The Balaban J connectivity index is 1.87. The van der Waals surface area contributed by atoms with Crippen LogP contribution in [0.5, 0.6) is 5.75 Å². The Labute approximate surface area is 117 Å². The van der Waals surface area contributed by atoms with Gasteiger partial charge in [0.2, 0.25) is 0 Å². The van der Waals surface area contributed by atoms with Gasteiger partial charge in [-0.25, -0.2) is 0 Å². The smallest absolute Gasteiger partial charge is 0.173 e. The van der Waals surface area contributed by atoms with Crippen LogP contribution in [-0.4, -0.2) is 4.57 Å². The van der Waals surface area contributed by atoms with E-state index in [0.29, 0.717) is 5.02 Å². The third-order valence-electron chi connectivity index (χ3n) is 3.14. The summed E-state index contributed by atoms with van der Waals surface area (Å²) in [7, 11) is 0. The highest BCUT2D eigenvalue weighted by Gasteiger charge is 2.09. The van der Waals surface area contributed by atoms with Crippen LogP contribution >= 0.6 is 11.6 Å². The number of ether oxygens (including phenoxy) is 1. The minimum absolute atomic E-state index is 0.0684. The van der Waals surface area contributed by atoms with Gasteiger partial charge in [-0.3, -0.25) is 0 Å². The van der Waals surface area contributed by atoms with Gasteiger partial charge in [-0.1, -0.05) is 29.8 Å². The Kier molecular flexibility index (Phi) is 3.18. The van der Waals surface area contributed by atoms with E-state index in [0.717, 1.165) is 5.75 Å². The first-order valence-electron chi connectivity index (χ1n) is 6.22. The minimum atomic E-state index is -0.0684. The van der Waals surface area contributed by atoms with Crippen molar-refractivity contribution in [1.82, 2.24) is 4.57 Å². The summed E-state index contributed by atoms with van der Waals surface area (Å²) in [6.07, 6.45) is 1.98. The van der Waals surface area contributed by atoms with E-state index in [1.165, 1.54) is 10.9 Å². The van der Waals surface area contributed by atoms with Crippen molar-refractivity contribution in [2.45, 2.75) is 13.2 Å². The van der Waals surface area contributed by atoms with Crippen molar-refractivity contribution in [1.29, 1.82) is 0 Å². The van der Waals surface area contributed by atoms with Crippen LogP contribution in [0.1, 0.15) is 13.2 Å². The molecule has 19 heavy (non-hydrogen) atoms. The Morgan fingerprint density at radius 3 is 2.53 bits per heavy atom. The number of aromatic nitrogens is 1. The summed E-state index contributed by atoms with van der Waals surface area (Å²) in [5.41, 5.74) is 1.17. The van der Waals surface area contributed by atoms with Crippen LogP contribution in [0, 0.1) is 0 Å². The lowest BCUT2D eigenvalue weighted by molar-refractivity contribution is 0.157. The van der Waals surface area contributed by atoms with Gasteiger partial charge >= 0.3 is 0 Å². The Bertz CT molecular complexity index is 687. The molecule has 0 amide bonds. The summed E-state index contributed by atoms with van der Waals surface area (Å²) in [6.45, 7) is 2.03. The lowest BCUT2D eigenvalue weighted by Crippen LogP contribution is -2.10. The number of halogens is 1. The van der Waals surface area contributed by atoms with Gasteiger partial charge < -0.3 is 9.30 Å². The summed E-state index contributed by atoms with van der Waals surface area (Å²) in [6, 6.07) is 17.8. The van der Waals surface area contributed by atoms with Gasteiger partial charge in [0.15, 0.2) is 6.23 Å². The van der Waals surface area contributed by atoms with Gasteiger partial charge in [0.05, 0.1) is 5.52 Å². The molecule has 3 rings (SSSR count). The van der Waals surface area contributed by atoms with E-state index in [9.17, 15) is 0 Å². The molecule has 0 saturated heterocycles. The largest absolute Gasteiger partial charge is 0.470 e. The molecule has 1 aromatic heterocycles. The number of rotatable bonds is 3. The normalized spacial score (nSPS) is 12.5. The van der Waals surface area contributed by atoms with Gasteiger partial charge in [0, 0.05) is 11.2 Å². The van der Waals surface area contributed by atoms with Gasteiger partial charge in [0.1, 0.15) is 5.75 Å². The maximum atomic E-state index is 5.93. The minimum Gasteiger partial charge on any atom is -0.470 e. The molecule has 3 heteroatoms. The monoisotopic (exact) mass is 271 g/mol. The molecule has 0 bridgehead atoms. The van der Waals surface area contributed by atoms with Crippen LogP contribution in [0.25, 0.3) is 10.9 Å². The van der Waals surface area contributed by atoms with E-state index >= 15 is 0 Å². The van der Waals surface area contributed by atoms with Crippen molar-refractivity contribution < 1.29 is 4.74 Å². The Morgan fingerprint density at radius 1 is 1.00 bits per heavy atom. The first-order valence-corrected chi connectivity index (χ1v) is 6.59. The zero-order chi connectivity index (χ0) is 13.2. The van der Waals surface area contributed by atoms with E-state index < -0.39 is 0 Å². The number of nitrogens with zero attached hydrogens (tertiary/aromatic N) is 1. The predicted octanol–water partition coefficient (Wildman–Crippen LogP) is 4.89. The molecule has 0 saturated carbocycles. The molecule has 0 aliphatic carbocycles. The fourth-order valence-corrected chi connectivity index (χ4v) is 2.31. The van der Waals surface area contributed by atoms with Gasteiger partial charge in [-0.2, -0.15) is 0 Å². The molecule has 0 radical (unpaired) electrons. The van der Waals surface area contributed by atoms with Gasteiger partial charge in [-0.05, 0) is 48.7 Å². The van der Waals surface area contributed by atoms with E-state index in [-0.39, 0.29) is 6.23 Å². The number of hydrogen-bond acceptors (Lipinski definition) is 1. The topological polar surface area (TPSA) is 14.2 Å². The van der Waals surface area contributed by atoms with Crippen molar-refractivity contribution in [3.63, 3.8) is 0 Å². The quantitative estimate of drug-likeness (QED) is 0.661. The summed E-state index contributed by atoms with van der Waals surface area (Å²) in [4.78, 5) is 0. The molecule has 3 aromatic rings. The van der Waals surface area contributed by atoms with Crippen LogP contribution in [0.3, 0.4) is 0 Å². The number of benzene rings is 2. The fraction of sp³-hybridized carbons (Fsp3) is 0.125. The second-order valence-corrected chi connectivity index (χ2v) is 4.89. The van der Waals surface area contributed by atoms with E-state index in [1.807, 2.05) is 49.5 Å². The van der Waals surface area contributed by atoms with Crippen LogP contribution in [0.15, 0.2) is 60.8 Å². The first-order chi connectivity index (χ1) is 9.24. The summed E-state index contributed by atoms with van der Waals surface area (Å²) >= 11 is 5.87. The molecule has 0 aliphatic rings. The standard InChI is InChI=1S/C16H14ClNO/c1-12(19-15-8-6-14(17)7-9-15)18-11-10-13-4-2-3-5-16(13)18/h2-12H,1H3/t12-/m1/s1. The molecule has 0 fully saturated rings. The van der Waals surface area contributed by atoms with Crippen LogP contribution in [0.2, 0.25) is 5.02 Å². The molecular weight excluding hydrogens is 258 g/mol. The highest BCUT2D eigenvalue weighted by molar-refractivity contribution is 6.30. The van der Waals surface area contributed by atoms with Crippen molar-refractivity contribution >= 4 is 22.5 Å². The molecule has 2 aromatic carbocycles. The maximum absolute atomic E-state index is 5.93. The molecule has 0 unspecified atom stereocenters. The lowest BCUT2D eigenvalue weighted by Gasteiger charge is -2.17. The average Bonchev–Trinajstić information content (AvgIpc) is 2.85. The third-order valence-corrected chi connectivity index (χ3v) is 3.39. The highest BCUT2D eigenvalue weighted by atomic mass is 35.5. The number of hydrogen-bond donors (Lipinski definition) is 0. The number of para-hydroxylation sites is 1. The van der Waals surface area contributed by atoms with E-state index in [2.05, 4.69) is 22.8 Å². The molecule has 0 N–H and O–H groups in total. The molecule has 2 nitrogen and oxygen atoms in total. The summed E-state index contributed by atoms with van der Waals surface area (Å²) in [5.74, 6) is 0.815. The maximum Gasteiger partial charge on any atom is 0.173 e. The van der Waals surface area contributed by atoms with Crippen LogP contribution in [0.4, 0.5) is 0 Å². The zero-order valence-electron chi connectivity index (χ0n) is 10.6. The number of fused-ring (bicyclic) bond motifs is 1. The molecule has 1 atom stereocenters. The molecule has 0 aliphatic heterocycles. The highest BCUT2D eigenvalue weighted by Crippen LogP contribution is 2.24. The van der Waals surface area contributed by atoms with Crippen molar-refractivity contribution in [2.24, 2.45) is 0 Å². The first kappa shape index (κ1) is 12.1. The Hall–Kier alpha value is -1.93.